The van der Waals surface area contributed by atoms with Gasteiger partial charge < -0.3 is 10.0 Å². The SMILES string of the molecule is CC1N(CCC(=O)O)c2ccccc2C1(C)C. The van der Waals surface area contributed by atoms with Crippen molar-refractivity contribution in [1.82, 2.24) is 0 Å². The van der Waals surface area contributed by atoms with Crippen molar-refractivity contribution in [2.75, 3.05) is 11.4 Å². The normalized spacial score (nSPS) is 21.4. The van der Waals surface area contributed by atoms with E-state index < -0.39 is 5.97 Å². The number of nitrogens with zero attached hydrogens (tertiary/aromatic N) is 1. The molecule has 3 heteroatoms. The van der Waals surface area contributed by atoms with Gasteiger partial charge in [0.1, 0.15) is 0 Å². The van der Waals surface area contributed by atoms with Crippen LogP contribution in [0.3, 0.4) is 0 Å². The van der Waals surface area contributed by atoms with Crippen LogP contribution in [0.25, 0.3) is 0 Å². The molecule has 3 nitrogen and oxygen atoms in total. The molecule has 1 aromatic carbocycles. The summed E-state index contributed by atoms with van der Waals surface area (Å²) in [6.45, 7) is 7.19. The molecule has 92 valence electrons. The fourth-order valence-electron chi connectivity index (χ4n) is 2.62. The number of carboxylic acid groups (broad SMARTS) is 1. The molecule has 1 aromatic rings. The Bertz CT molecular complexity index is 440. The average Bonchev–Trinajstić information content (AvgIpc) is 2.47. The van der Waals surface area contributed by atoms with Crippen LogP contribution in [0.15, 0.2) is 24.3 Å². The van der Waals surface area contributed by atoms with Crippen molar-refractivity contribution < 1.29 is 9.90 Å². The summed E-state index contributed by atoms with van der Waals surface area (Å²) in [6, 6.07) is 8.63. The van der Waals surface area contributed by atoms with Gasteiger partial charge in [0, 0.05) is 23.7 Å². The van der Waals surface area contributed by atoms with Crippen LogP contribution in [0, 0.1) is 0 Å². The maximum absolute atomic E-state index is 10.7. The van der Waals surface area contributed by atoms with E-state index in [1.165, 1.54) is 11.3 Å². The molecule has 0 saturated carbocycles. The van der Waals surface area contributed by atoms with Gasteiger partial charge in [0.2, 0.25) is 0 Å². The van der Waals surface area contributed by atoms with Crippen LogP contribution < -0.4 is 4.90 Å². The third-order valence-electron chi connectivity index (χ3n) is 3.99. The molecule has 0 amide bonds. The second-order valence-electron chi connectivity index (χ2n) is 5.25. The van der Waals surface area contributed by atoms with E-state index in [0.29, 0.717) is 12.6 Å². The molecule has 0 saturated heterocycles. The minimum Gasteiger partial charge on any atom is -0.481 e. The minimum absolute atomic E-state index is 0.0785. The first kappa shape index (κ1) is 12.0. The van der Waals surface area contributed by atoms with Crippen molar-refractivity contribution in [3.05, 3.63) is 29.8 Å². The number of hydrogen-bond acceptors (Lipinski definition) is 2. The van der Waals surface area contributed by atoms with Crippen molar-refractivity contribution in [2.45, 2.75) is 38.6 Å². The second kappa shape index (κ2) is 4.06. The van der Waals surface area contributed by atoms with Crippen LogP contribution in [0.1, 0.15) is 32.8 Å². The first-order valence-corrected chi connectivity index (χ1v) is 6.02. The maximum atomic E-state index is 10.7. The summed E-state index contributed by atoms with van der Waals surface area (Å²) in [7, 11) is 0. The van der Waals surface area contributed by atoms with Gasteiger partial charge in [0.05, 0.1) is 6.42 Å². The summed E-state index contributed by atoms with van der Waals surface area (Å²) >= 11 is 0. The number of benzene rings is 1. The number of carbonyl (C=O) groups is 1. The molecule has 0 aromatic heterocycles. The lowest BCUT2D eigenvalue weighted by Gasteiger charge is -2.31. The van der Waals surface area contributed by atoms with Crippen LogP contribution in [-0.4, -0.2) is 23.7 Å². The number of carboxylic acids is 1. The monoisotopic (exact) mass is 233 g/mol. The first-order chi connectivity index (χ1) is 7.94. The van der Waals surface area contributed by atoms with Gasteiger partial charge in [0.15, 0.2) is 0 Å². The zero-order valence-corrected chi connectivity index (χ0v) is 10.6. The lowest BCUT2D eigenvalue weighted by molar-refractivity contribution is -0.136. The Balaban J connectivity index is 2.32. The molecule has 0 bridgehead atoms. The van der Waals surface area contributed by atoms with Gasteiger partial charge in [-0.3, -0.25) is 4.79 Å². The number of anilines is 1. The van der Waals surface area contributed by atoms with E-state index in [-0.39, 0.29) is 11.8 Å². The number of hydrogen-bond donors (Lipinski definition) is 1. The third-order valence-corrected chi connectivity index (χ3v) is 3.99. The largest absolute Gasteiger partial charge is 0.481 e. The summed E-state index contributed by atoms with van der Waals surface area (Å²) in [6.07, 6.45) is 0.189. The van der Waals surface area contributed by atoms with Crippen LogP contribution in [0.5, 0.6) is 0 Å². The fourth-order valence-corrected chi connectivity index (χ4v) is 2.62. The highest BCUT2D eigenvalue weighted by Gasteiger charge is 2.41. The average molecular weight is 233 g/mol. The summed E-state index contributed by atoms with van der Waals surface area (Å²) in [5.74, 6) is -0.737. The van der Waals surface area contributed by atoms with Crippen LogP contribution in [0.4, 0.5) is 5.69 Å². The molecule has 0 spiro atoms. The van der Waals surface area contributed by atoms with Crippen molar-refractivity contribution in [3.8, 4) is 0 Å². The molecule has 1 atom stereocenters. The number of rotatable bonds is 3. The molecule has 17 heavy (non-hydrogen) atoms. The van der Waals surface area contributed by atoms with Crippen LogP contribution >= 0.6 is 0 Å². The van der Waals surface area contributed by atoms with Gasteiger partial charge in [-0.2, -0.15) is 0 Å². The molecule has 1 aliphatic rings. The molecule has 1 N–H and O–H groups in total. The Morgan fingerprint density at radius 3 is 2.71 bits per heavy atom. The van der Waals surface area contributed by atoms with E-state index in [1.54, 1.807) is 0 Å². The molecule has 1 unspecified atom stereocenters. The lowest BCUT2D eigenvalue weighted by atomic mass is 9.81. The quantitative estimate of drug-likeness (QED) is 0.872. The van der Waals surface area contributed by atoms with E-state index >= 15 is 0 Å². The van der Waals surface area contributed by atoms with E-state index in [0.717, 1.165) is 0 Å². The summed E-state index contributed by atoms with van der Waals surface area (Å²) in [4.78, 5) is 12.9. The lowest BCUT2D eigenvalue weighted by Crippen LogP contribution is -2.39. The predicted molar refractivity (Wildman–Crippen MR) is 68.5 cm³/mol. The highest BCUT2D eigenvalue weighted by molar-refractivity contribution is 5.69. The second-order valence-corrected chi connectivity index (χ2v) is 5.25. The smallest absolute Gasteiger partial charge is 0.305 e. The molecule has 0 radical (unpaired) electrons. The molecule has 1 aliphatic heterocycles. The van der Waals surface area contributed by atoms with E-state index in [1.807, 2.05) is 12.1 Å². The van der Waals surface area contributed by atoms with Crippen molar-refractivity contribution in [3.63, 3.8) is 0 Å². The number of aliphatic carboxylic acids is 1. The molecule has 1 heterocycles. The number of para-hydroxylation sites is 1. The van der Waals surface area contributed by atoms with Gasteiger partial charge in [-0.25, -0.2) is 0 Å². The summed E-state index contributed by atoms with van der Waals surface area (Å²) < 4.78 is 0. The summed E-state index contributed by atoms with van der Waals surface area (Å²) in [5, 5.41) is 8.81. The number of fused-ring (bicyclic) bond motifs is 1. The van der Waals surface area contributed by atoms with Crippen molar-refractivity contribution in [2.24, 2.45) is 0 Å². The Morgan fingerprint density at radius 1 is 1.41 bits per heavy atom. The Kier molecular flexibility index (Phi) is 2.86. The molecule has 0 fully saturated rings. The Morgan fingerprint density at radius 2 is 2.06 bits per heavy atom. The third kappa shape index (κ3) is 1.90. The van der Waals surface area contributed by atoms with Gasteiger partial charge in [-0.1, -0.05) is 32.0 Å². The first-order valence-electron chi connectivity index (χ1n) is 6.02. The minimum atomic E-state index is -0.737. The van der Waals surface area contributed by atoms with Crippen molar-refractivity contribution in [1.29, 1.82) is 0 Å². The molecular weight excluding hydrogens is 214 g/mol. The van der Waals surface area contributed by atoms with E-state index in [9.17, 15) is 4.79 Å². The Hall–Kier alpha value is -1.51. The van der Waals surface area contributed by atoms with Gasteiger partial charge in [-0.15, -0.1) is 0 Å². The molecule has 2 rings (SSSR count). The van der Waals surface area contributed by atoms with E-state index in [2.05, 4.69) is 37.8 Å². The van der Waals surface area contributed by atoms with Gasteiger partial charge >= 0.3 is 5.97 Å². The highest BCUT2D eigenvalue weighted by atomic mass is 16.4. The van der Waals surface area contributed by atoms with E-state index in [4.69, 9.17) is 5.11 Å². The zero-order valence-electron chi connectivity index (χ0n) is 10.6. The van der Waals surface area contributed by atoms with Gasteiger partial charge in [-0.05, 0) is 18.6 Å². The topological polar surface area (TPSA) is 40.5 Å². The van der Waals surface area contributed by atoms with Crippen LogP contribution in [0.2, 0.25) is 0 Å². The maximum Gasteiger partial charge on any atom is 0.305 e. The fraction of sp³-hybridized carbons (Fsp3) is 0.500. The Labute approximate surface area is 102 Å². The summed E-state index contributed by atoms with van der Waals surface area (Å²) in [5.41, 5.74) is 2.58. The standard InChI is InChI=1S/C14H19NO2/c1-10-14(2,3)11-6-4-5-7-12(11)15(10)9-8-13(16)17/h4-7,10H,8-9H2,1-3H3,(H,16,17). The van der Waals surface area contributed by atoms with Gasteiger partial charge in [0.25, 0.3) is 0 Å². The highest BCUT2D eigenvalue weighted by Crippen LogP contribution is 2.44. The molecule has 0 aliphatic carbocycles. The zero-order chi connectivity index (χ0) is 12.6. The van der Waals surface area contributed by atoms with Crippen LogP contribution in [-0.2, 0) is 10.2 Å². The van der Waals surface area contributed by atoms with Crippen molar-refractivity contribution >= 4 is 11.7 Å². The molecular formula is C14H19NO2. The predicted octanol–water partition coefficient (Wildman–Crippen LogP) is 2.65.